The van der Waals surface area contributed by atoms with Crippen molar-refractivity contribution in [2.24, 2.45) is 0 Å². The Morgan fingerprint density at radius 1 is 0.341 bits per heavy atom. The van der Waals surface area contributed by atoms with Gasteiger partial charge in [0.15, 0.2) is 0 Å². The first-order valence-corrected chi connectivity index (χ1v) is 30.6. The molecule has 0 spiro atoms. The number of rotatable bonds is 11. The average Bonchev–Trinajstić information content (AvgIpc) is 2.31. The van der Waals surface area contributed by atoms with Gasteiger partial charge in [-0.05, 0) is 188 Å². The number of hydrogen-bond donors (Lipinski definition) is 0. The van der Waals surface area contributed by atoms with Gasteiger partial charge in [-0.25, -0.2) is 0 Å². The summed E-state index contributed by atoms with van der Waals surface area (Å²) >= 11 is 0. The van der Waals surface area contributed by atoms with Crippen molar-refractivity contribution in [3.8, 4) is 50.4 Å². The smallest absolute Gasteiger partial charge is 0.0541 e. The molecule has 0 aliphatic heterocycles. The molecule has 3 heterocycles. The zero-order chi connectivity index (χ0) is 56.9. The van der Waals surface area contributed by atoms with Gasteiger partial charge in [-0.15, -0.1) is 0 Å². The molecule has 0 saturated heterocycles. The summed E-state index contributed by atoms with van der Waals surface area (Å²) in [6.07, 6.45) is 8.24. The Labute approximate surface area is 496 Å². The Kier molecular flexibility index (Phi) is 12.2. The highest BCUT2D eigenvalue weighted by Gasteiger charge is 2.23. The quantitative estimate of drug-likeness (QED) is 0.115. The molecule has 1 aliphatic carbocycles. The van der Waals surface area contributed by atoms with E-state index in [2.05, 4.69) is 308 Å². The topological polar surface area (TPSA) is 14.8 Å². The molecule has 3 atom stereocenters. The summed E-state index contributed by atoms with van der Waals surface area (Å²) in [5.41, 5.74) is 21.2. The molecule has 0 radical (unpaired) electrons. The highest BCUT2D eigenvalue weighted by Crippen LogP contribution is 2.45. The van der Waals surface area contributed by atoms with Crippen LogP contribution in [0.15, 0.2) is 255 Å². The van der Waals surface area contributed by atoms with Crippen molar-refractivity contribution in [3.05, 3.63) is 282 Å². The van der Waals surface area contributed by atoms with E-state index in [1.807, 2.05) is 0 Å². The zero-order valence-electron chi connectivity index (χ0n) is 48.6. The number of hydrogen-bond acceptors (Lipinski definition) is 0. The van der Waals surface area contributed by atoms with Crippen LogP contribution in [0, 0.1) is 0 Å². The van der Waals surface area contributed by atoms with Gasteiger partial charge in [-0.1, -0.05) is 210 Å². The van der Waals surface area contributed by atoms with Crippen molar-refractivity contribution in [1.29, 1.82) is 0 Å². The van der Waals surface area contributed by atoms with E-state index in [0.29, 0.717) is 11.8 Å². The molecule has 0 fully saturated rings. The predicted octanol–water partition coefficient (Wildman–Crippen LogP) is 20.9. The van der Waals surface area contributed by atoms with Gasteiger partial charge in [0, 0.05) is 60.5 Å². The average molecular weight is 1090 g/mol. The van der Waals surface area contributed by atoms with Crippen molar-refractivity contribution in [1.82, 2.24) is 13.7 Å². The third-order valence-electron chi connectivity index (χ3n) is 19.2. The number of aromatic nitrogens is 3. The van der Waals surface area contributed by atoms with Crippen LogP contribution in [0.3, 0.4) is 0 Å². The summed E-state index contributed by atoms with van der Waals surface area (Å²) in [6, 6.07) is 96.0. The van der Waals surface area contributed by atoms with Crippen LogP contribution in [0.5, 0.6) is 0 Å². The standard InChI is InChI=1S/C82H65N3/c1-5-52(3)54-28-38-62(39-29-54)83-75-26-16-14-20-65(75)71-48-58(34-44-77(71)83)60-36-46-79-73(50-60)74-51-61(59-35-45-78-72(49-59)66-21-15-17-27-76(66)84(78)63-40-30-55(31-41-63)53(4)6-2)37-47-80(74)85(79)64-42-32-57(33-43-64)82-69-24-12-10-22-67(69)81(56-18-8-7-9-19-56)68-23-11-13-25-70(68)82/h7-36,38-53,61H,5-6,37H2,1-4H3. The molecule has 15 aromatic rings. The molecule has 3 aromatic heterocycles. The molecular formula is C82H65N3. The van der Waals surface area contributed by atoms with Crippen LogP contribution in [0.25, 0.3) is 139 Å². The Balaban J connectivity index is 0.852. The molecule has 12 aromatic carbocycles. The maximum atomic E-state index is 2.58. The Bertz CT molecular complexity index is 5190. The van der Waals surface area contributed by atoms with E-state index in [4.69, 9.17) is 0 Å². The van der Waals surface area contributed by atoms with Gasteiger partial charge in [0.25, 0.3) is 0 Å². The fraction of sp³-hybridized carbons (Fsp3) is 0.122. The van der Waals surface area contributed by atoms with E-state index in [1.165, 1.54) is 148 Å². The summed E-state index contributed by atoms with van der Waals surface area (Å²) < 4.78 is 7.41. The Morgan fingerprint density at radius 2 is 0.729 bits per heavy atom. The van der Waals surface area contributed by atoms with Gasteiger partial charge < -0.3 is 13.7 Å². The van der Waals surface area contributed by atoms with Crippen LogP contribution >= 0.6 is 0 Å². The lowest BCUT2D eigenvalue weighted by Crippen LogP contribution is -2.31. The first-order valence-electron chi connectivity index (χ1n) is 30.6. The second-order valence-electron chi connectivity index (χ2n) is 23.8. The van der Waals surface area contributed by atoms with Crippen molar-refractivity contribution in [2.45, 2.75) is 64.7 Å². The van der Waals surface area contributed by atoms with Crippen LogP contribution in [0.4, 0.5) is 0 Å². The second kappa shape index (κ2) is 20.4. The van der Waals surface area contributed by atoms with Crippen LogP contribution in [0.2, 0.25) is 0 Å². The van der Waals surface area contributed by atoms with Gasteiger partial charge in [0.1, 0.15) is 0 Å². The van der Waals surface area contributed by atoms with Gasteiger partial charge >= 0.3 is 0 Å². The SMILES string of the molecule is CCC(C)c1ccc(-n2c3ccccc3c3cc(-c4ccc5c(c4)c4c(n5-c5ccc(-c6c7ccccc7c(-c7ccccc7)c7ccccc67)cc5)=CCC(c5ccc6c(c5)c5ccccc5n6-c5ccc(C(C)CC)cc5)C=4)ccc32)cc1. The Morgan fingerprint density at radius 3 is 1.25 bits per heavy atom. The van der Waals surface area contributed by atoms with Crippen molar-refractivity contribution >= 4 is 88.2 Å². The highest BCUT2D eigenvalue weighted by molar-refractivity contribution is 6.21. The molecule has 3 nitrogen and oxygen atoms in total. The van der Waals surface area contributed by atoms with Crippen LogP contribution in [-0.2, 0) is 0 Å². The molecule has 408 valence electrons. The first-order chi connectivity index (χ1) is 41.9. The molecule has 0 amide bonds. The van der Waals surface area contributed by atoms with Gasteiger partial charge in [0.05, 0.1) is 27.6 Å². The van der Waals surface area contributed by atoms with Gasteiger partial charge in [-0.2, -0.15) is 0 Å². The van der Waals surface area contributed by atoms with Crippen LogP contribution < -0.4 is 10.6 Å². The fourth-order valence-corrected chi connectivity index (χ4v) is 14.3. The van der Waals surface area contributed by atoms with E-state index in [1.54, 1.807) is 0 Å². The van der Waals surface area contributed by atoms with Gasteiger partial charge in [-0.3, -0.25) is 0 Å². The molecule has 0 N–H and O–H groups in total. The van der Waals surface area contributed by atoms with Crippen molar-refractivity contribution < 1.29 is 0 Å². The fourth-order valence-electron chi connectivity index (χ4n) is 14.3. The van der Waals surface area contributed by atoms with E-state index in [0.717, 1.165) is 24.9 Å². The zero-order valence-corrected chi connectivity index (χ0v) is 48.6. The largest absolute Gasteiger partial charge is 0.310 e. The summed E-state index contributed by atoms with van der Waals surface area (Å²) in [4.78, 5) is 0. The molecule has 16 rings (SSSR count). The number of nitrogens with zero attached hydrogens (tertiary/aromatic N) is 3. The predicted molar refractivity (Wildman–Crippen MR) is 363 cm³/mol. The maximum Gasteiger partial charge on any atom is 0.0541 e. The molecule has 85 heavy (non-hydrogen) atoms. The minimum Gasteiger partial charge on any atom is -0.310 e. The first kappa shape index (κ1) is 50.7. The maximum absolute atomic E-state index is 2.58. The summed E-state index contributed by atoms with van der Waals surface area (Å²) in [5.74, 6) is 1.24. The molecular weight excluding hydrogens is 1030 g/mol. The normalized spacial score (nSPS) is 14.1. The third-order valence-corrected chi connectivity index (χ3v) is 19.2. The summed E-state index contributed by atoms with van der Waals surface area (Å²) in [6.45, 7) is 9.17. The van der Waals surface area contributed by atoms with Gasteiger partial charge in [0.2, 0.25) is 0 Å². The molecule has 3 unspecified atom stereocenters. The molecule has 3 heteroatoms. The van der Waals surface area contributed by atoms with E-state index >= 15 is 0 Å². The van der Waals surface area contributed by atoms with E-state index in [-0.39, 0.29) is 5.92 Å². The summed E-state index contributed by atoms with van der Waals surface area (Å²) in [5, 5.41) is 13.9. The molecule has 0 bridgehead atoms. The molecule has 1 aliphatic rings. The lowest BCUT2D eigenvalue weighted by molar-refractivity contribution is 0.733. The number of fused-ring (bicyclic) bond motifs is 11. The van der Waals surface area contributed by atoms with Crippen molar-refractivity contribution in [2.75, 3.05) is 0 Å². The summed E-state index contributed by atoms with van der Waals surface area (Å²) in [7, 11) is 0. The van der Waals surface area contributed by atoms with Crippen LogP contribution in [0.1, 0.15) is 81.4 Å². The number of para-hydroxylation sites is 2. The Hall–Kier alpha value is -9.96. The van der Waals surface area contributed by atoms with E-state index < -0.39 is 0 Å². The second-order valence-corrected chi connectivity index (χ2v) is 23.8. The number of benzene rings is 12. The molecule has 0 saturated carbocycles. The lowest BCUT2D eigenvalue weighted by atomic mass is 9.86. The lowest BCUT2D eigenvalue weighted by Gasteiger charge is -2.18. The third kappa shape index (κ3) is 8.23. The highest BCUT2D eigenvalue weighted by atomic mass is 15.0. The van der Waals surface area contributed by atoms with E-state index in [9.17, 15) is 0 Å². The minimum atomic E-state index is 0.182. The van der Waals surface area contributed by atoms with Crippen molar-refractivity contribution in [3.63, 3.8) is 0 Å². The van der Waals surface area contributed by atoms with Crippen LogP contribution in [-0.4, -0.2) is 13.7 Å². The monoisotopic (exact) mass is 1090 g/mol. The minimum absolute atomic E-state index is 0.182.